The van der Waals surface area contributed by atoms with Crippen LogP contribution in [0, 0.1) is 11.8 Å². The maximum atomic E-state index is 12.6. The van der Waals surface area contributed by atoms with Crippen LogP contribution in [-0.4, -0.2) is 129 Å². The number of amides is 3. The lowest BCUT2D eigenvalue weighted by molar-refractivity contribution is -0.145. The van der Waals surface area contributed by atoms with Gasteiger partial charge in [-0.1, -0.05) is 110 Å². The third kappa shape index (κ3) is 41.2. The second kappa shape index (κ2) is 45.6. The molecule has 0 saturated carbocycles. The molecule has 0 aliphatic carbocycles. The van der Waals surface area contributed by atoms with Crippen molar-refractivity contribution in [2.24, 2.45) is 11.8 Å². The van der Waals surface area contributed by atoms with Crippen molar-refractivity contribution in [3.63, 3.8) is 0 Å². The summed E-state index contributed by atoms with van der Waals surface area (Å²) in [6.07, 6.45) is 21.7. The molecule has 0 aromatic carbocycles. The quantitative estimate of drug-likeness (QED) is 0.0371. The summed E-state index contributed by atoms with van der Waals surface area (Å²) in [6, 6.07) is -1.31. The molecular weight excluding hydrogens is 879 g/mol. The Bertz CT molecular complexity index is 1380. The highest BCUT2D eigenvalue weighted by Gasteiger charge is 2.25. The molecule has 2 unspecified atom stereocenters. The first-order valence-electron chi connectivity index (χ1n) is 25.9. The van der Waals surface area contributed by atoms with Gasteiger partial charge in [0, 0.05) is 57.7 Å². The van der Waals surface area contributed by atoms with Crippen molar-refractivity contribution in [1.29, 1.82) is 0 Å². The molecule has 0 aromatic rings. The van der Waals surface area contributed by atoms with Crippen LogP contribution < -0.4 is 16.0 Å². The van der Waals surface area contributed by atoms with Gasteiger partial charge in [-0.25, -0.2) is 4.79 Å². The second-order valence-electron chi connectivity index (χ2n) is 17.9. The molecule has 0 aliphatic rings. The van der Waals surface area contributed by atoms with E-state index in [1.54, 1.807) is 6.92 Å². The van der Waals surface area contributed by atoms with E-state index < -0.39 is 29.8 Å². The van der Waals surface area contributed by atoms with Gasteiger partial charge in [-0.15, -0.1) is 0 Å². The smallest absolute Gasteiger partial charge is 0.326 e. The van der Waals surface area contributed by atoms with E-state index in [9.17, 15) is 48.6 Å². The van der Waals surface area contributed by atoms with Crippen molar-refractivity contribution in [3.8, 4) is 0 Å². The molecule has 0 aliphatic heterocycles. The Morgan fingerprint density at radius 1 is 0.441 bits per heavy atom. The summed E-state index contributed by atoms with van der Waals surface area (Å²) in [6.45, 7) is 7.77. The number of ether oxygens (including phenoxy) is 4. The maximum absolute atomic E-state index is 12.6. The highest BCUT2D eigenvalue weighted by molar-refractivity contribution is 5.86. The van der Waals surface area contributed by atoms with Crippen molar-refractivity contribution in [1.82, 2.24) is 16.0 Å². The van der Waals surface area contributed by atoms with E-state index in [-0.39, 0.29) is 133 Å². The molecule has 5 N–H and O–H groups in total. The van der Waals surface area contributed by atoms with Gasteiger partial charge in [-0.05, 0) is 51.9 Å². The topological polar surface area (TPSA) is 250 Å². The van der Waals surface area contributed by atoms with Crippen molar-refractivity contribution in [3.05, 3.63) is 0 Å². The summed E-state index contributed by atoms with van der Waals surface area (Å²) in [7, 11) is 0. The van der Waals surface area contributed by atoms with Crippen molar-refractivity contribution < 1.29 is 67.5 Å². The Balaban J connectivity index is 3.93. The fourth-order valence-electron chi connectivity index (χ4n) is 7.59. The number of rotatable bonds is 51. The SMILES string of the molecule is CCCCCCCCCCCCCCCCCC(=O)C[C@@H](CCC(=O)NC(CCC(=O)CCCOCCOCC(=O)NCCOCCOCC(=O)NCCCCC(CC)C(C)=O)C(=O)O)C(=O)O. The molecule has 0 rings (SSSR count). The average molecular weight is 970 g/mol. The molecule has 0 saturated heterocycles. The summed E-state index contributed by atoms with van der Waals surface area (Å²) in [5.41, 5.74) is 0. The molecule has 0 radical (unpaired) electrons. The van der Waals surface area contributed by atoms with Gasteiger partial charge in [0.25, 0.3) is 0 Å². The van der Waals surface area contributed by atoms with Gasteiger partial charge < -0.3 is 45.1 Å². The first kappa shape index (κ1) is 64.2. The van der Waals surface area contributed by atoms with E-state index in [0.717, 1.165) is 44.9 Å². The average Bonchev–Trinajstić information content (AvgIpc) is 3.30. The largest absolute Gasteiger partial charge is 0.481 e. The number of hydrogen-bond acceptors (Lipinski definition) is 12. The lowest BCUT2D eigenvalue weighted by atomic mass is 9.94. The number of unbranched alkanes of at least 4 members (excludes halogenated alkanes) is 15. The third-order valence-electron chi connectivity index (χ3n) is 11.8. The predicted molar refractivity (Wildman–Crippen MR) is 260 cm³/mol. The zero-order chi connectivity index (χ0) is 50.5. The van der Waals surface area contributed by atoms with Crippen LogP contribution in [0.5, 0.6) is 0 Å². The fraction of sp³-hybridized carbons (Fsp3) is 0.843. The van der Waals surface area contributed by atoms with Gasteiger partial charge in [0.15, 0.2) is 0 Å². The summed E-state index contributed by atoms with van der Waals surface area (Å²) < 4.78 is 21.4. The minimum atomic E-state index is -1.31. The van der Waals surface area contributed by atoms with Gasteiger partial charge in [0.05, 0.1) is 39.0 Å². The minimum Gasteiger partial charge on any atom is -0.481 e. The summed E-state index contributed by atoms with van der Waals surface area (Å²) in [4.78, 5) is 96.4. The van der Waals surface area contributed by atoms with Gasteiger partial charge >= 0.3 is 11.9 Å². The van der Waals surface area contributed by atoms with Crippen LogP contribution in [0.2, 0.25) is 0 Å². The van der Waals surface area contributed by atoms with Gasteiger partial charge in [-0.2, -0.15) is 0 Å². The van der Waals surface area contributed by atoms with E-state index in [4.69, 9.17) is 18.9 Å². The van der Waals surface area contributed by atoms with Gasteiger partial charge in [-0.3, -0.25) is 33.6 Å². The molecule has 17 nitrogen and oxygen atoms in total. The van der Waals surface area contributed by atoms with Crippen LogP contribution in [0.3, 0.4) is 0 Å². The minimum absolute atomic E-state index is 0.0740. The molecule has 0 spiro atoms. The Labute approximate surface area is 407 Å². The molecule has 3 atom stereocenters. The van der Waals surface area contributed by atoms with E-state index in [1.807, 2.05) is 6.92 Å². The first-order chi connectivity index (χ1) is 32.8. The second-order valence-corrected chi connectivity index (χ2v) is 17.9. The molecule has 394 valence electrons. The molecule has 17 heteroatoms. The van der Waals surface area contributed by atoms with E-state index in [2.05, 4.69) is 22.9 Å². The summed E-state index contributed by atoms with van der Waals surface area (Å²) in [5, 5.41) is 27.1. The molecule has 0 fully saturated rings. The van der Waals surface area contributed by atoms with Crippen molar-refractivity contribution in [2.45, 2.75) is 200 Å². The van der Waals surface area contributed by atoms with Crippen LogP contribution in [0.1, 0.15) is 194 Å². The molecule has 0 heterocycles. The van der Waals surface area contributed by atoms with E-state index in [1.165, 1.54) is 70.6 Å². The molecular formula is C51H91N3O14. The molecule has 68 heavy (non-hydrogen) atoms. The standard InChI is InChI=1S/C51H91N3O14/c1-4-6-7-8-9-10-11-12-13-14-15-16-17-18-19-24-45(57)38-43(50(61)62)26-29-47(58)54-46(51(63)64)28-27-44(56)25-22-32-65-34-36-67-40-49(60)53-31-33-66-35-37-68-39-48(59)52-30-21-20-23-42(5-2)41(3)55/h42-43,46H,4-40H2,1-3H3,(H,52,59)(H,53,60)(H,54,58)(H,61,62)(H,63,64)/t42?,43-,46?/m1/s1. The number of nitrogens with one attached hydrogen (secondary N) is 3. The van der Waals surface area contributed by atoms with E-state index in [0.29, 0.717) is 25.8 Å². The number of carboxylic acid groups (broad SMARTS) is 2. The summed E-state index contributed by atoms with van der Waals surface area (Å²) in [5.74, 6) is -4.75. The zero-order valence-corrected chi connectivity index (χ0v) is 42.2. The molecule has 0 aromatic heterocycles. The number of carbonyl (C=O) groups is 8. The fourth-order valence-corrected chi connectivity index (χ4v) is 7.59. The van der Waals surface area contributed by atoms with Crippen LogP contribution in [0.4, 0.5) is 0 Å². The normalized spacial score (nSPS) is 12.5. The highest BCUT2D eigenvalue weighted by atomic mass is 16.5. The monoisotopic (exact) mass is 970 g/mol. The lowest BCUT2D eigenvalue weighted by Gasteiger charge is -2.16. The van der Waals surface area contributed by atoms with Gasteiger partial charge in [0.1, 0.15) is 36.6 Å². The lowest BCUT2D eigenvalue weighted by Crippen LogP contribution is -2.41. The number of aliphatic carboxylic acids is 2. The Morgan fingerprint density at radius 2 is 0.956 bits per heavy atom. The number of carbonyl (C=O) groups excluding carboxylic acids is 6. The predicted octanol–water partition coefficient (Wildman–Crippen LogP) is 7.47. The summed E-state index contributed by atoms with van der Waals surface area (Å²) >= 11 is 0. The van der Waals surface area contributed by atoms with Crippen molar-refractivity contribution >= 4 is 47.0 Å². The Kier molecular flexibility index (Phi) is 43.1. The van der Waals surface area contributed by atoms with Crippen LogP contribution in [-0.2, 0) is 57.3 Å². The Hall–Kier alpha value is -3.80. The van der Waals surface area contributed by atoms with Crippen LogP contribution in [0.25, 0.3) is 0 Å². The van der Waals surface area contributed by atoms with Crippen molar-refractivity contribution in [2.75, 3.05) is 65.9 Å². The third-order valence-corrected chi connectivity index (χ3v) is 11.8. The van der Waals surface area contributed by atoms with Gasteiger partial charge in [0.2, 0.25) is 17.7 Å². The molecule has 0 bridgehead atoms. The van der Waals surface area contributed by atoms with E-state index >= 15 is 0 Å². The van der Waals surface area contributed by atoms with Crippen LogP contribution >= 0.6 is 0 Å². The molecule has 3 amide bonds. The maximum Gasteiger partial charge on any atom is 0.326 e. The zero-order valence-electron chi connectivity index (χ0n) is 42.2. The number of ketones is 3. The number of carboxylic acids is 2. The number of Topliss-reactive ketones (excluding diaryl/α,β-unsaturated/α-hetero) is 3. The van der Waals surface area contributed by atoms with Crippen LogP contribution in [0.15, 0.2) is 0 Å². The highest BCUT2D eigenvalue weighted by Crippen LogP contribution is 2.18. The number of hydrogen-bond donors (Lipinski definition) is 5. The first-order valence-corrected chi connectivity index (χ1v) is 25.9. The Morgan fingerprint density at radius 3 is 1.49 bits per heavy atom.